The Morgan fingerprint density at radius 2 is 1.96 bits per heavy atom. The Kier molecular flexibility index (Phi) is 6.39. The van der Waals surface area contributed by atoms with Gasteiger partial charge in [-0.05, 0) is 52.0 Å². The van der Waals surface area contributed by atoms with Crippen LogP contribution in [0.1, 0.15) is 36.3 Å². The second-order valence-electron chi connectivity index (χ2n) is 6.99. The summed E-state index contributed by atoms with van der Waals surface area (Å²) in [6.45, 7) is 8.85. The number of rotatable bonds is 6. The highest BCUT2D eigenvalue weighted by Gasteiger charge is 2.18. The van der Waals surface area contributed by atoms with E-state index in [4.69, 9.17) is 4.42 Å². The summed E-state index contributed by atoms with van der Waals surface area (Å²) in [7, 11) is 0. The molecule has 0 saturated carbocycles. The smallest absolute Gasteiger partial charge is 0.321 e. The molecule has 0 atom stereocenters. The molecule has 0 spiro atoms. The van der Waals surface area contributed by atoms with Crippen LogP contribution < -0.4 is 10.6 Å². The van der Waals surface area contributed by atoms with Gasteiger partial charge in [0.2, 0.25) is 5.91 Å². The Morgan fingerprint density at radius 3 is 2.52 bits per heavy atom. The van der Waals surface area contributed by atoms with Gasteiger partial charge in [0.1, 0.15) is 5.76 Å². The number of hydrogen-bond acceptors (Lipinski definition) is 5. The van der Waals surface area contributed by atoms with Crippen LogP contribution in [-0.4, -0.2) is 28.9 Å². The van der Waals surface area contributed by atoms with E-state index < -0.39 is 11.6 Å². The zero-order valence-electron chi connectivity index (χ0n) is 15.1. The van der Waals surface area contributed by atoms with Crippen molar-refractivity contribution < 1.29 is 14.0 Å². The Morgan fingerprint density at radius 1 is 1.20 bits per heavy atom. The molecule has 0 aliphatic heterocycles. The first-order valence-electron chi connectivity index (χ1n) is 8.13. The molecule has 0 fully saturated rings. The minimum atomic E-state index is -0.484. The second kappa shape index (κ2) is 8.31. The van der Waals surface area contributed by atoms with Gasteiger partial charge in [-0.15, -0.1) is 11.3 Å². The second-order valence-corrected chi connectivity index (χ2v) is 8.36. The van der Waals surface area contributed by atoms with Gasteiger partial charge >= 0.3 is 6.03 Å². The van der Waals surface area contributed by atoms with E-state index in [2.05, 4.69) is 29.7 Å². The Labute approximate surface area is 152 Å². The van der Waals surface area contributed by atoms with Gasteiger partial charge in [-0.2, -0.15) is 0 Å². The molecular formula is C18H25N3O3S. The lowest BCUT2D eigenvalue weighted by molar-refractivity contribution is -0.121. The molecule has 2 aromatic rings. The molecule has 7 heteroatoms. The highest BCUT2D eigenvalue weighted by atomic mass is 32.1. The molecule has 6 nitrogen and oxygen atoms in total. The lowest BCUT2D eigenvalue weighted by atomic mass is 10.1. The summed E-state index contributed by atoms with van der Waals surface area (Å²) in [5.41, 5.74) is -0.396. The van der Waals surface area contributed by atoms with Crippen molar-refractivity contribution in [2.45, 2.75) is 46.3 Å². The van der Waals surface area contributed by atoms with Crippen LogP contribution in [0.5, 0.6) is 0 Å². The number of aryl methyl sites for hydroxylation is 1. The summed E-state index contributed by atoms with van der Waals surface area (Å²) in [6.07, 6.45) is 1.61. The van der Waals surface area contributed by atoms with E-state index in [9.17, 15) is 9.59 Å². The summed E-state index contributed by atoms with van der Waals surface area (Å²) in [5.74, 6) is 0.432. The van der Waals surface area contributed by atoms with E-state index in [1.807, 2.05) is 37.8 Å². The molecule has 25 heavy (non-hydrogen) atoms. The van der Waals surface area contributed by atoms with Gasteiger partial charge in [0, 0.05) is 21.8 Å². The van der Waals surface area contributed by atoms with Gasteiger partial charge in [-0.25, -0.2) is 4.79 Å². The molecule has 0 aromatic carbocycles. The van der Waals surface area contributed by atoms with E-state index >= 15 is 0 Å². The zero-order valence-corrected chi connectivity index (χ0v) is 15.9. The third-order valence-corrected chi connectivity index (χ3v) is 4.23. The molecule has 136 valence electrons. The molecule has 0 aliphatic rings. The van der Waals surface area contributed by atoms with Crippen LogP contribution in [0.15, 0.2) is 34.9 Å². The van der Waals surface area contributed by atoms with Crippen LogP contribution in [0.4, 0.5) is 4.79 Å². The van der Waals surface area contributed by atoms with Crippen LogP contribution in [-0.2, 0) is 17.9 Å². The molecule has 2 N–H and O–H groups in total. The van der Waals surface area contributed by atoms with E-state index in [0.29, 0.717) is 13.1 Å². The number of carbonyl (C=O) groups is 2. The number of nitrogens with one attached hydrogen (secondary N) is 2. The van der Waals surface area contributed by atoms with Crippen molar-refractivity contribution in [2.75, 3.05) is 6.54 Å². The SMILES string of the molecule is Cc1ccc(CN(CC(=O)NC(=O)NC(C)(C)C)Cc2ccco2)s1. The first kappa shape index (κ1) is 19.2. The average molecular weight is 363 g/mol. The summed E-state index contributed by atoms with van der Waals surface area (Å²) in [5, 5.41) is 5.10. The lowest BCUT2D eigenvalue weighted by Gasteiger charge is -2.22. The van der Waals surface area contributed by atoms with E-state index in [1.54, 1.807) is 17.6 Å². The first-order valence-corrected chi connectivity index (χ1v) is 8.95. The molecule has 0 bridgehead atoms. The molecule has 0 radical (unpaired) electrons. The quantitative estimate of drug-likeness (QED) is 0.826. The fourth-order valence-electron chi connectivity index (χ4n) is 2.32. The molecule has 2 rings (SSSR count). The minimum Gasteiger partial charge on any atom is -0.468 e. The maximum absolute atomic E-state index is 12.2. The number of imide groups is 1. The summed E-state index contributed by atoms with van der Waals surface area (Å²) in [4.78, 5) is 28.4. The Bertz CT molecular complexity index is 701. The molecule has 2 heterocycles. The van der Waals surface area contributed by atoms with Crippen molar-refractivity contribution >= 4 is 23.3 Å². The fourth-order valence-corrected chi connectivity index (χ4v) is 3.26. The average Bonchev–Trinajstić information content (AvgIpc) is 3.08. The van der Waals surface area contributed by atoms with Crippen molar-refractivity contribution in [3.63, 3.8) is 0 Å². The van der Waals surface area contributed by atoms with Crippen molar-refractivity contribution in [3.8, 4) is 0 Å². The van der Waals surface area contributed by atoms with Crippen LogP contribution in [0.3, 0.4) is 0 Å². The topological polar surface area (TPSA) is 74.6 Å². The number of urea groups is 1. The number of hydrogen-bond donors (Lipinski definition) is 2. The normalized spacial score (nSPS) is 11.6. The number of nitrogens with zero attached hydrogens (tertiary/aromatic N) is 1. The fraction of sp³-hybridized carbons (Fsp3) is 0.444. The van der Waals surface area contributed by atoms with Gasteiger partial charge < -0.3 is 9.73 Å². The highest BCUT2D eigenvalue weighted by molar-refractivity contribution is 7.11. The maximum Gasteiger partial charge on any atom is 0.321 e. The lowest BCUT2D eigenvalue weighted by Crippen LogP contribution is -2.50. The Balaban J connectivity index is 1.97. The molecule has 3 amide bonds. The standard InChI is InChI=1S/C18H25N3O3S/c1-13-7-8-15(25-13)11-21(10-14-6-5-9-24-14)12-16(22)19-17(23)20-18(2,3)4/h5-9H,10-12H2,1-4H3,(H2,19,20,22,23). The van der Waals surface area contributed by atoms with Gasteiger partial charge in [-0.1, -0.05) is 0 Å². The molecule has 0 unspecified atom stereocenters. The van der Waals surface area contributed by atoms with E-state index in [1.165, 1.54) is 4.88 Å². The van der Waals surface area contributed by atoms with E-state index in [0.717, 1.165) is 10.6 Å². The number of amides is 3. The largest absolute Gasteiger partial charge is 0.468 e. The van der Waals surface area contributed by atoms with Crippen molar-refractivity contribution in [1.82, 2.24) is 15.5 Å². The Hall–Kier alpha value is -2.12. The summed E-state index contributed by atoms with van der Waals surface area (Å²) >= 11 is 1.69. The highest BCUT2D eigenvalue weighted by Crippen LogP contribution is 2.18. The van der Waals surface area contributed by atoms with Gasteiger partial charge in [-0.3, -0.25) is 15.0 Å². The number of thiophene rings is 1. The van der Waals surface area contributed by atoms with Gasteiger partial charge in [0.05, 0.1) is 19.4 Å². The third-order valence-electron chi connectivity index (χ3n) is 3.24. The maximum atomic E-state index is 12.2. The van der Waals surface area contributed by atoms with Crippen LogP contribution in [0.2, 0.25) is 0 Å². The van der Waals surface area contributed by atoms with Crippen LogP contribution in [0.25, 0.3) is 0 Å². The van der Waals surface area contributed by atoms with Crippen LogP contribution >= 0.6 is 11.3 Å². The number of carbonyl (C=O) groups excluding carboxylic acids is 2. The first-order chi connectivity index (χ1) is 11.7. The predicted octanol–water partition coefficient (Wildman–Crippen LogP) is 3.28. The minimum absolute atomic E-state index is 0.106. The summed E-state index contributed by atoms with van der Waals surface area (Å²) < 4.78 is 5.39. The predicted molar refractivity (Wildman–Crippen MR) is 98.3 cm³/mol. The molecule has 0 aliphatic carbocycles. The summed E-state index contributed by atoms with van der Waals surface area (Å²) in [6, 6.07) is 7.32. The van der Waals surface area contributed by atoms with E-state index in [-0.39, 0.29) is 12.5 Å². The van der Waals surface area contributed by atoms with Gasteiger partial charge in [0.15, 0.2) is 0 Å². The number of furan rings is 1. The van der Waals surface area contributed by atoms with Crippen molar-refractivity contribution in [3.05, 3.63) is 46.0 Å². The zero-order chi connectivity index (χ0) is 18.4. The molecular weight excluding hydrogens is 338 g/mol. The molecule has 0 saturated heterocycles. The molecule has 2 aromatic heterocycles. The third kappa shape index (κ3) is 7.11. The monoisotopic (exact) mass is 363 g/mol. The van der Waals surface area contributed by atoms with Crippen LogP contribution in [0, 0.1) is 6.92 Å². The van der Waals surface area contributed by atoms with Gasteiger partial charge in [0.25, 0.3) is 0 Å². The van der Waals surface area contributed by atoms with Crippen molar-refractivity contribution in [2.24, 2.45) is 0 Å². The van der Waals surface area contributed by atoms with Crippen molar-refractivity contribution in [1.29, 1.82) is 0 Å².